The molecule has 0 atom stereocenters. The summed E-state index contributed by atoms with van der Waals surface area (Å²) in [7, 11) is 0. The molecule has 38 heavy (non-hydrogen) atoms. The van der Waals surface area contributed by atoms with Crippen LogP contribution >= 0.6 is 0 Å². The second-order valence-corrected chi connectivity index (χ2v) is 9.51. The van der Waals surface area contributed by atoms with Crippen LogP contribution in [0.3, 0.4) is 0 Å². The fourth-order valence-corrected chi connectivity index (χ4v) is 4.56. The minimum atomic E-state index is -0.472. The van der Waals surface area contributed by atoms with Crippen LogP contribution in [0.15, 0.2) is 21.3 Å². The van der Waals surface area contributed by atoms with Crippen LogP contribution in [-0.2, 0) is 14.4 Å². The summed E-state index contributed by atoms with van der Waals surface area (Å²) in [6, 6.07) is 3.77. The topological polar surface area (TPSA) is 127 Å². The minimum Gasteiger partial charge on any atom is -0.470 e. The van der Waals surface area contributed by atoms with Crippen molar-refractivity contribution in [2.75, 3.05) is 26.4 Å². The maximum Gasteiger partial charge on any atom is 0.239 e. The highest BCUT2D eigenvalue weighted by molar-refractivity contribution is 5.87. The Morgan fingerprint density at radius 1 is 0.868 bits per heavy atom. The van der Waals surface area contributed by atoms with Gasteiger partial charge in [-0.1, -0.05) is 6.07 Å². The third-order valence-corrected chi connectivity index (χ3v) is 6.96. The summed E-state index contributed by atoms with van der Waals surface area (Å²) in [4.78, 5) is 47.7. The fraction of sp³-hybridized carbons (Fsp3) is 0.379. The lowest BCUT2D eigenvalue weighted by molar-refractivity contribution is -0.126. The Morgan fingerprint density at radius 2 is 1.47 bits per heavy atom. The van der Waals surface area contributed by atoms with Crippen LogP contribution in [0.4, 0.5) is 0 Å². The minimum absolute atomic E-state index is 0.0689. The van der Waals surface area contributed by atoms with Crippen LogP contribution in [-0.4, -0.2) is 44.5 Å². The zero-order valence-electron chi connectivity index (χ0n) is 23.0. The van der Waals surface area contributed by atoms with Crippen molar-refractivity contribution in [3.8, 4) is 17.1 Å². The SMILES string of the molecule is Cc1cc(C)c2c(=O)c(OCNCC(=O)NCC(=O)NCC=O)c(-c3c(C)c(C)c(C)c(C)c3C)oc2c1. The molecular formula is C29H35N3O6. The Balaban J connectivity index is 1.94. The number of carbonyl (C=O) groups is 3. The number of aldehydes is 1. The standard InChI is InChI=1S/C29H35N3O6/c1-15-10-16(2)25-22(11-15)38-28(26-20(6)18(4)17(3)19(5)21(26)7)29(27(25)36)37-14-30-12-23(34)32-13-24(35)31-8-9-33/h9-11,30H,8,12-14H2,1-7H3,(H,31,35)(H,32,34). The van der Waals surface area contributed by atoms with Crippen LogP contribution in [0.5, 0.6) is 5.75 Å². The summed E-state index contributed by atoms with van der Waals surface area (Å²) in [5.41, 5.74) is 8.21. The molecular weight excluding hydrogens is 486 g/mol. The van der Waals surface area contributed by atoms with E-state index in [-0.39, 0.29) is 37.5 Å². The van der Waals surface area contributed by atoms with Gasteiger partial charge in [-0.15, -0.1) is 0 Å². The summed E-state index contributed by atoms with van der Waals surface area (Å²) in [6.07, 6.45) is 0.557. The number of benzene rings is 2. The first kappa shape index (κ1) is 28.6. The van der Waals surface area contributed by atoms with E-state index >= 15 is 0 Å². The van der Waals surface area contributed by atoms with Crippen molar-refractivity contribution in [1.29, 1.82) is 0 Å². The smallest absolute Gasteiger partial charge is 0.239 e. The Bertz CT molecular complexity index is 1440. The van der Waals surface area contributed by atoms with Gasteiger partial charge in [0.05, 0.1) is 25.0 Å². The van der Waals surface area contributed by atoms with E-state index < -0.39 is 11.8 Å². The van der Waals surface area contributed by atoms with E-state index in [0.717, 1.165) is 38.9 Å². The Morgan fingerprint density at radius 3 is 2.11 bits per heavy atom. The van der Waals surface area contributed by atoms with E-state index in [1.54, 1.807) is 0 Å². The zero-order valence-corrected chi connectivity index (χ0v) is 23.0. The molecule has 0 bridgehead atoms. The van der Waals surface area contributed by atoms with Gasteiger partial charge in [-0.2, -0.15) is 0 Å². The maximum atomic E-state index is 13.7. The molecule has 2 aromatic carbocycles. The Kier molecular flexibility index (Phi) is 9.06. The van der Waals surface area contributed by atoms with E-state index in [0.29, 0.717) is 23.0 Å². The number of hydrogen-bond donors (Lipinski definition) is 3. The lowest BCUT2D eigenvalue weighted by Crippen LogP contribution is -2.41. The average molecular weight is 522 g/mol. The fourth-order valence-electron chi connectivity index (χ4n) is 4.56. The van der Waals surface area contributed by atoms with E-state index in [1.807, 2.05) is 53.7 Å². The van der Waals surface area contributed by atoms with Gasteiger partial charge < -0.3 is 24.6 Å². The van der Waals surface area contributed by atoms with Gasteiger partial charge in [0.2, 0.25) is 23.0 Å². The number of ether oxygens (including phenoxy) is 1. The second-order valence-electron chi connectivity index (χ2n) is 9.51. The largest absolute Gasteiger partial charge is 0.470 e. The average Bonchev–Trinajstić information content (AvgIpc) is 2.87. The van der Waals surface area contributed by atoms with Crippen molar-refractivity contribution in [2.45, 2.75) is 48.5 Å². The predicted molar refractivity (Wildman–Crippen MR) is 147 cm³/mol. The molecule has 0 saturated heterocycles. The van der Waals surface area contributed by atoms with Crippen molar-refractivity contribution >= 4 is 29.1 Å². The number of fused-ring (bicyclic) bond motifs is 1. The van der Waals surface area contributed by atoms with Crippen LogP contribution in [0, 0.1) is 48.5 Å². The van der Waals surface area contributed by atoms with E-state index in [2.05, 4.69) is 22.9 Å². The number of rotatable bonds is 10. The lowest BCUT2D eigenvalue weighted by atomic mass is 9.88. The maximum absolute atomic E-state index is 13.7. The molecule has 202 valence electrons. The Hall–Kier alpha value is -3.98. The number of amides is 2. The van der Waals surface area contributed by atoms with Crippen molar-refractivity contribution in [2.24, 2.45) is 0 Å². The highest BCUT2D eigenvalue weighted by atomic mass is 16.5. The highest BCUT2D eigenvalue weighted by Gasteiger charge is 2.24. The van der Waals surface area contributed by atoms with Crippen molar-refractivity contribution < 1.29 is 23.5 Å². The summed E-state index contributed by atoms with van der Waals surface area (Å²) in [5, 5.41) is 8.06. The molecule has 0 spiro atoms. The first-order chi connectivity index (χ1) is 18.0. The van der Waals surface area contributed by atoms with Crippen molar-refractivity contribution in [1.82, 2.24) is 16.0 Å². The van der Waals surface area contributed by atoms with Gasteiger partial charge >= 0.3 is 0 Å². The normalized spacial score (nSPS) is 10.9. The molecule has 0 aliphatic heterocycles. The van der Waals surface area contributed by atoms with Crippen molar-refractivity contribution in [3.63, 3.8) is 0 Å². The molecule has 0 radical (unpaired) electrons. The zero-order chi connectivity index (χ0) is 28.1. The molecule has 0 aliphatic rings. The number of aryl methyl sites for hydroxylation is 2. The van der Waals surface area contributed by atoms with Crippen LogP contribution in [0.1, 0.15) is 38.9 Å². The van der Waals surface area contributed by atoms with Gasteiger partial charge in [-0.05, 0) is 93.5 Å². The summed E-state index contributed by atoms with van der Waals surface area (Å²) >= 11 is 0. The van der Waals surface area contributed by atoms with Crippen LogP contribution in [0.25, 0.3) is 22.3 Å². The molecule has 9 nitrogen and oxygen atoms in total. The number of carbonyl (C=O) groups excluding carboxylic acids is 3. The van der Waals surface area contributed by atoms with Crippen molar-refractivity contribution in [3.05, 3.63) is 61.3 Å². The molecule has 1 aromatic heterocycles. The monoisotopic (exact) mass is 521 g/mol. The lowest BCUT2D eigenvalue weighted by Gasteiger charge is -2.20. The quantitative estimate of drug-likeness (QED) is 0.213. The molecule has 0 unspecified atom stereocenters. The molecule has 0 fully saturated rings. The first-order valence-electron chi connectivity index (χ1n) is 12.4. The van der Waals surface area contributed by atoms with E-state index in [9.17, 15) is 19.2 Å². The van der Waals surface area contributed by atoms with E-state index in [4.69, 9.17) is 9.15 Å². The van der Waals surface area contributed by atoms with Gasteiger partial charge in [0, 0.05) is 5.56 Å². The van der Waals surface area contributed by atoms with E-state index in [1.165, 1.54) is 5.56 Å². The van der Waals surface area contributed by atoms with Crippen LogP contribution in [0.2, 0.25) is 0 Å². The molecule has 0 aliphatic carbocycles. The van der Waals surface area contributed by atoms with Gasteiger partial charge in [-0.25, -0.2) is 0 Å². The summed E-state index contributed by atoms with van der Waals surface area (Å²) in [6.45, 7) is 13.4. The number of hydrogen-bond acceptors (Lipinski definition) is 7. The highest BCUT2D eigenvalue weighted by Crippen LogP contribution is 2.39. The van der Waals surface area contributed by atoms with Gasteiger partial charge in [0.1, 0.15) is 18.6 Å². The van der Waals surface area contributed by atoms with Gasteiger partial charge in [0.15, 0.2) is 5.76 Å². The first-order valence-corrected chi connectivity index (χ1v) is 12.4. The molecule has 9 heteroatoms. The molecule has 3 rings (SSSR count). The van der Waals surface area contributed by atoms with Gasteiger partial charge in [0.25, 0.3) is 0 Å². The second kappa shape index (κ2) is 12.0. The predicted octanol–water partition coefficient (Wildman–Crippen LogP) is 2.98. The van der Waals surface area contributed by atoms with Crippen LogP contribution < -0.4 is 26.1 Å². The Labute approximate surface area is 221 Å². The molecule has 3 aromatic rings. The molecule has 0 saturated carbocycles. The third-order valence-electron chi connectivity index (χ3n) is 6.96. The summed E-state index contributed by atoms with van der Waals surface area (Å²) in [5.74, 6) is -0.491. The summed E-state index contributed by atoms with van der Waals surface area (Å²) < 4.78 is 12.4. The molecule has 3 N–H and O–H groups in total. The van der Waals surface area contributed by atoms with Gasteiger partial charge in [-0.3, -0.25) is 19.7 Å². The third kappa shape index (κ3) is 5.94. The molecule has 2 amide bonds. The number of nitrogens with one attached hydrogen (secondary N) is 3. The molecule has 1 heterocycles.